The van der Waals surface area contributed by atoms with Crippen LogP contribution in [0.25, 0.3) is 0 Å². The number of rotatable bonds is 4. The molecule has 2 fully saturated rings. The number of imide groups is 1. The Hall–Kier alpha value is -2.43. The van der Waals surface area contributed by atoms with Crippen LogP contribution < -0.4 is 5.32 Å². The minimum Gasteiger partial charge on any atom is -0.326 e. The van der Waals surface area contributed by atoms with Crippen molar-refractivity contribution in [1.29, 1.82) is 0 Å². The minimum atomic E-state index is -0.198. The third kappa shape index (κ3) is 2.68. The molecule has 1 saturated heterocycles. The van der Waals surface area contributed by atoms with Crippen LogP contribution in [0.1, 0.15) is 24.8 Å². The van der Waals surface area contributed by atoms with Gasteiger partial charge in [-0.1, -0.05) is 30.4 Å². The number of carbonyl (C=O) groups excluding carboxylic acids is 3. The van der Waals surface area contributed by atoms with E-state index in [0.29, 0.717) is 0 Å². The van der Waals surface area contributed by atoms with Crippen LogP contribution in [0, 0.1) is 30.6 Å². The van der Waals surface area contributed by atoms with Gasteiger partial charge in [-0.2, -0.15) is 0 Å². The Labute approximate surface area is 147 Å². The molecule has 1 aliphatic heterocycles. The number of hydrogen-bond donors (Lipinski definition) is 1. The molecule has 1 aromatic carbocycles. The van der Waals surface area contributed by atoms with Gasteiger partial charge in [0.2, 0.25) is 17.7 Å². The van der Waals surface area contributed by atoms with E-state index >= 15 is 0 Å². The molecule has 3 amide bonds. The number of nitrogens with zero attached hydrogens (tertiary/aromatic N) is 1. The number of anilines is 1. The molecule has 1 aromatic rings. The summed E-state index contributed by atoms with van der Waals surface area (Å²) in [7, 11) is 0. The van der Waals surface area contributed by atoms with Crippen LogP contribution >= 0.6 is 0 Å². The number of carbonyl (C=O) groups is 3. The van der Waals surface area contributed by atoms with Crippen molar-refractivity contribution in [2.24, 2.45) is 23.7 Å². The summed E-state index contributed by atoms with van der Waals surface area (Å²) in [5.41, 5.74) is 1.75. The second kappa shape index (κ2) is 6.14. The number of allylic oxidation sites excluding steroid dienone is 2. The van der Waals surface area contributed by atoms with Gasteiger partial charge in [-0.25, -0.2) is 0 Å². The second-order valence-electron chi connectivity index (χ2n) is 7.28. The molecule has 1 N–H and O–H groups in total. The molecule has 0 spiro atoms. The number of amides is 3. The van der Waals surface area contributed by atoms with Crippen molar-refractivity contribution in [3.63, 3.8) is 0 Å². The van der Waals surface area contributed by atoms with Gasteiger partial charge >= 0.3 is 0 Å². The van der Waals surface area contributed by atoms with Crippen LogP contribution in [-0.2, 0) is 14.4 Å². The number of hydrogen-bond acceptors (Lipinski definition) is 3. The highest BCUT2D eigenvalue weighted by Crippen LogP contribution is 2.49. The Kier molecular flexibility index (Phi) is 3.94. The molecule has 4 aliphatic rings. The van der Waals surface area contributed by atoms with Gasteiger partial charge in [0, 0.05) is 18.7 Å². The van der Waals surface area contributed by atoms with Gasteiger partial charge in [0.05, 0.1) is 11.8 Å². The number of aryl methyl sites for hydroxylation is 1. The smallest absolute Gasteiger partial charge is 0.233 e. The summed E-state index contributed by atoms with van der Waals surface area (Å²) in [5, 5.41) is 2.86. The lowest BCUT2D eigenvalue weighted by Gasteiger charge is -2.38. The zero-order valence-corrected chi connectivity index (χ0v) is 14.3. The number of para-hydroxylation sites is 1. The average Bonchev–Trinajstić information content (AvgIpc) is 2.89. The molecular formula is C20H22N2O3. The quantitative estimate of drug-likeness (QED) is 0.678. The molecule has 0 aromatic heterocycles. The highest BCUT2D eigenvalue weighted by molar-refractivity contribution is 6.06. The van der Waals surface area contributed by atoms with E-state index in [0.717, 1.165) is 24.1 Å². The van der Waals surface area contributed by atoms with Gasteiger partial charge in [-0.05, 0) is 43.2 Å². The molecule has 1 heterocycles. The Morgan fingerprint density at radius 3 is 2.24 bits per heavy atom. The van der Waals surface area contributed by atoms with Gasteiger partial charge in [0.25, 0.3) is 0 Å². The van der Waals surface area contributed by atoms with Crippen LogP contribution in [0.5, 0.6) is 0 Å². The van der Waals surface area contributed by atoms with Crippen LogP contribution in [0.2, 0.25) is 0 Å². The van der Waals surface area contributed by atoms with Crippen LogP contribution in [0.4, 0.5) is 5.69 Å². The molecule has 1 saturated carbocycles. The fourth-order valence-electron chi connectivity index (χ4n) is 4.50. The molecule has 0 radical (unpaired) electrons. The van der Waals surface area contributed by atoms with Crippen LogP contribution in [-0.4, -0.2) is 29.2 Å². The van der Waals surface area contributed by atoms with Gasteiger partial charge in [-0.3, -0.25) is 19.3 Å². The molecule has 3 aliphatic carbocycles. The fraction of sp³-hybridized carbons (Fsp3) is 0.450. The van der Waals surface area contributed by atoms with Crippen molar-refractivity contribution >= 4 is 23.4 Å². The number of likely N-dealkylation sites (tertiary alicyclic amines) is 1. The van der Waals surface area contributed by atoms with Crippen molar-refractivity contribution in [2.45, 2.75) is 26.2 Å². The Balaban J connectivity index is 1.40. The van der Waals surface area contributed by atoms with E-state index in [1.165, 1.54) is 4.90 Å². The second-order valence-corrected chi connectivity index (χ2v) is 7.28. The SMILES string of the molecule is Cc1ccccc1NC(=O)CCN1C(=O)[C@H]2[C@H](C1=O)[C@H]1C=C[C@H]2CC1. The lowest BCUT2D eigenvalue weighted by atomic mass is 9.63. The van der Waals surface area contributed by atoms with Crippen molar-refractivity contribution in [3.8, 4) is 0 Å². The zero-order chi connectivity index (χ0) is 17.6. The maximum Gasteiger partial charge on any atom is 0.233 e. The third-order valence-corrected chi connectivity index (χ3v) is 5.83. The summed E-state index contributed by atoms with van der Waals surface area (Å²) in [6.45, 7) is 2.10. The van der Waals surface area contributed by atoms with E-state index < -0.39 is 0 Å². The largest absolute Gasteiger partial charge is 0.326 e. The first kappa shape index (κ1) is 16.1. The van der Waals surface area contributed by atoms with Crippen molar-refractivity contribution in [1.82, 2.24) is 4.90 Å². The predicted octanol–water partition coefficient (Wildman–Crippen LogP) is 2.52. The van der Waals surface area contributed by atoms with Gasteiger partial charge in [0.15, 0.2) is 0 Å². The average molecular weight is 338 g/mol. The van der Waals surface area contributed by atoms with E-state index in [2.05, 4.69) is 17.5 Å². The van der Waals surface area contributed by atoms with E-state index in [1.807, 2.05) is 31.2 Å². The van der Waals surface area contributed by atoms with E-state index in [4.69, 9.17) is 0 Å². The Morgan fingerprint density at radius 2 is 1.68 bits per heavy atom. The molecular weight excluding hydrogens is 316 g/mol. The summed E-state index contributed by atoms with van der Waals surface area (Å²) >= 11 is 0. The monoisotopic (exact) mass is 338 g/mol. The lowest BCUT2D eigenvalue weighted by molar-refractivity contribution is -0.140. The van der Waals surface area contributed by atoms with Crippen molar-refractivity contribution in [2.75, 3.05) is 11.9 Å². The summed E-state index contributed by atoms with van der Waals surface area (Å²) in [5.74, 6) is -0.359. The fourth-order valence-corrected chi connectivity index (χ4v) is 4.50. The molecule has 25 heavy (non-hydrogen) atoms. The van der Waals surface area contributed by atoms with Crippen LogP contribution in [0.15, 0.2) is 36.4 Å². The predicted molar refractivity (Wildman–Crippen MR) is 93.5 cm³/mol. The first-order chi connectivity index (χ1) is 12.1. The Morgan fingerprint density at radius 1 is 1.08 bits per heavy atom. The minimum absolute atomic E-state index is 0.0854. The molecule has 4 atom stereocenters. The standard InChI is InChI=1S/C20H22N2O3/c1-12-4-2-3-5-15(12)21-16(23)10-11-22-19(24)17-13-6-7-14(9-8-13)18(17)20(22)25/h2-7,13-14,17-18H,8-11H2,1H3,(H,21,23)/t13-,14-,17+,18+/m0/s1. The maximum absolute atomic E-state index is 12.7. The first-order valence-electron chi connectivity index (χ1n) is 8.95. The van der Waals surface area contributed by atoms with Crippen LogP contribution in [0.3, 0.4) is 0 Å². The van der Waals surface area contributed by atoms with Gasteiger partial charge in [-0.15, -0.1) is 0 Å². The highest BCUT2D eigenvalue weighted by Gasteiger charge is 2.56. The van der Waals surface area contributed by atoms with Gasteiger partial charge in [0.1, 0.15) is 0 Å². The molecule has 5 nitrogen and oxygen atoms in total. The summed E-state index contributed by atoms with van der Waals surface area (Å²) in [6, 6.07) is 7.55. The van der Waals surface area contributed by atoms with Crippen molar-refractivity contribution in [3.05, 3.63) is 42.0 Å². The third-order valence-electron chi connectivity index (χ3n) is 5.83. The topological polar surface area (TPSA) is 66.5 Å². The number of benzene rings is 1. The first-order valence-corrected chi connectivity index (χ1v) is 8.95. The Bertz CT molecular complexity index is 738. The molecule has 5 heteroatoms. The lowest BCUT2D eigenvalue weighted by Crippen LogP contribution is -2.38. The maximum atomic E-state index is 12.7. The summed E-state index contributed by atoms with van der Waals surface area (Å²) in [6.07, 6.45) is 6.32. The highest BCUT2D eigenvalue weighted by atomic mass is 16.2. The normalized spacial score (nSPS) is 29.9. The van der Waals surface area contributed by atoms with E-state index in [-0.39, 0.29) is 54.4 Å². The summed E-state index contributed by atoms with van der Waals surface area (Å²) in [4.78, 5) is 39.0. The summed E-state index contributed by atoms with van der Waals surface area (Å²) < 4.78 is 0. The number of fused-ring (bicyclic) bond motifs is 1. The molecule has 0 unspecified atom stereocenters. The zero-order valence-electron chi connectivity index (χ0n) is 14.3. The van der Waals surface area contributed by atoms with E-state index in [1.54, 1.807) is 0 Å². The molecule has 5 rings (SSSR count). The van der Waals surface area contributed by atoms with Crippen molar-refractivity contribution < 1.29 is 14.4 Å². The molecule has 130 valence electrons. The molecule has 2 bridgehead atoms. The van der Waals surface area contributed by atoms with E-state index in [9.17, 15) is 14.4 Å². The van der Waals surface area contributed by atoms with Gasteiger partial charge < -0.3 is 5.32 Å². The number of nitrogens with one attached hydrogen (secondary N) is 1.